The third-order valence-corrected chi connectivity index (χ3v) is 6.95. The maximum atomic E-state index is 11.2. The van der Waals surface area contributed by atoms with E-state index in [0.29, 0.717) is 5.75 Å². The van der Waals surface area contributed by atoms with Gasteiger partial charge < -0.3 is 13.9 Å². The molecule has 0 radical (unpaired) electrons. The molecule has 4 nitrogen and oxygen atoms in total. The highest BCUT2D eigenvalue weighted by atomic mass is 32.9. The van der Waals surface area contributed by atoms with Crippen LogP contribution in [0.25, 0.3) is 0 Å². The Hall–Kier alpha value is 0.390. The number of hydrogen-bond acceptors (Lipinski definition) is 5. The third-order valence-electron chi connectivity index (χ3n) is 1.29. The van der Waals surface area contributed by atoms with Gasteiger partial charge in [0.2, 0.25) is 11.6 Å². The zero-order valence-electron chi connectivity index (χ0n) is 8.14. The smallest absolute Gasteiger partial charge is 0.247 e. The van der Waals surface area contributed by atoms with E-state index in [1.54, 1.807) is 14.1 Å². The summed E-state index contributed by atoms with van der Waals surface area (Å²) in [5, 5.41) is 0. The molecule has 0 aliphatic heterocycles. The van der Waals surface area contributed by atoms with E-state index < -0.39 is 5.69 Å². The highest BCUT2D eigenvalue weighted by molar-refractivity contribution is 8.68. The normalized spacial score (nSPS) is 11.4. The van der Waals surface area contributed by atoms with Crippen molar-refractivity contribution in [3.05, 3.63) is 0 Å². The molecule has 0 bridgehead atoms. The van der Waals surface area contributed by atoms with Crippen LogP contribution in [0.4, 0.5) is 0 Å². The summed E-state index contributed by atoms with van der Waals surface area (Å²) in [7, 11) is 6.40. The maximum absolute atomic E-state index is 11.2. The van der Waals surface area contributed by atoms with Crippen molar-refractivity contribution < 1.29 is 13.8 Å². The van der Waals surface area contributed by atoms with Gasteiger partial charge >= 0.3 is 0 Å². The van der Waals surface area contributed by atoms with E-state index in [4.69, 9.17) is 20.9 Å². The fraction of sp³-hybridized carbons (Fsp3) is 0.833. The molecule has 0 N–H and O–H groups in total. The summed E-state index contributed by atoms with van der Waals surface area (Å²) >= 11 is 6.32. The van der Waals surface area contributed by atoms with Gasteiger partial charge in [0, 0.05) is 28.3 Å². The third kappa shape index (κ3) is 4.98. The van der Waals surface area contributed by atoms with Crippen molar-refractivity contribution in [3.8, 4) is 0 Å². The first-order valence-electron chi connectivity index (χ1n) is 3.51. The molecule has 0 aliphatic rings. The molecule has 0 aliphatic carbocycles. The Morgan fingerprint density at radius 1 is 1.46 bits per heavy atom. The lowest BCUT2D eigenvalue weighted by Gasteiger charge is -2.17. The molecule has 78 valence electrons. The first kappa shape index (κ1) is 13.4. The molecule has 0 aromatic rings. The summed E-state index contributed by atoms with van der Waals surface area (Å²) in [6.07, 6.45) is 0. The molecular formula is C6H14NO3PS2. The van der Waals surface area contributed by atoms with Crippen LogP contribution >= 0.6 is 17.1 Å². The van der Waals surface area contributed by atoms with Crippen LogP contribution in [-0.2, 0) is 25.6 Å². The Balaban J connectivity index is 4.01. The Bertz CT molecular complexity index is 214. The van der Waals surface area contributed by atoms with Gasteiger partial charge in [0.05, 0.1) is 5.75 Å². The van der Waals surface area contributed by atoms with E-state index in [2.05, 4.69) is 0 Å². The summed E-state index contributed by atoms with van der Waals surface area (Å²) < 4.78 is 10.0. The molecule has 0 atom stereocenters. The van der Waals surface area contributed by atoms with E-state index >= 15 is 0 Å². The highest BCUT2D eigenvalue weighted by Crippen LogP contribution is 2.59. The average Bonchev–Trinajstić information content (AvgIpc) is 2.13. The first-order valence-corrected chi connectivity index (χ1v) is 7.74. The lowest BCUT2D eigenvalue weighted by atomic mass is 10.6. The van der Waals surface area contributed by atoms with E-state index in [1.807, 2.05) is 0 Å². The summed E-state index contributed by atoms with van der Waals surface area (Å²) in [4.78, 5) is 12.7. The molecule has 0 rings (SSSR count). The number of rotatable bonds is 5. The molecule has 0 aromatic heterocycles. The van der Waals surface area contributed by atoms with Crippen molar-refractivity contribution in [2.24, 2.45) is 0 Å². The molecule has 0 heterocycles. The number of nitrogens with zero attached hydrogens (tertiary/aromatic N) is 1. The van der Waals surface area contributed by atoms with E-state index in [0.717, 1.165) is 0 Å². The molecule has 1 amide bonds. The molecule has 13 heavy (non-hydrogen) atoms. The van der Waals surface area contributed by atoms with Crippen molar-refractivity contribution in [1.29, 1.82) is 0 Å². The number of hydrogen-bond donors (Lipinski definition) is 0. The molecule has 7 heteroatoms. The summed E-state index contributed by atoms with van der Waals surface area (Å²) in [5.41, 5.74) is -2.27. The predicted molar refractivity (Wildman–Crippen MR) is 59.5 cm³/mol. The molecule has 0 spiro atoms. The second-order valence-electron chi connectivity index (χ2n) is 2.37. The zero-order valence-corrected chi connectivity index (χ0v) is 10.7. The number of carbonyl (C=O) groups excluding carboxylic acids is 1. The van der Waals surface area contributed by atoms with Crippen molar-refractivity contribution in [1.82, 2.24) is 4.90 Å². The number of carbonyl (C=O) groups is 1. The van der Waals surface area contributed by atoms with Crippen LogP contribution in [0, 0.1) is 0 Å². The average molecular weight is 243 g/mol. The van der Waals surface area contributed by atoms with E-state index in [1.165, 1.54) is 30.5 Å². The Kier molecular flexibility index (Phi) is 6.16. The Morgan fingerprint density at radius 2 is 1.92 bits per heavy atom. The summed E-state index contributed by atoms with van der Waals surface area (Å²) in [6.45, 7) is 0. The van der Waals surface area contributed by atoms with Crippen molar-refractivity contribution in [2.45, 2.75) is 0 Å². The lowest BCUT2D eigenvalue weighted by molar-refractivity contribution is -0.125. The minimum Gasteiger partial charge on any atom is -0.348 e. The van der Waals surface area contributed by atoms with E-state index in [-0.39, 0.29) is 5.91 Å². The van der Waals surface area contributed by atoms with Gasteiger partial charge in [-0.15, -0.1) is 0 Å². The molecule has 0 saturated carbocycles. The van der Waals surface area contributed by atoms with Crippen LogP contribution < -0.4 is 0 Å². The second-order valence-corrected chi connectivity index (χ2v) is 8.90. The van der Waals surface area contributed by atoms with Gasteiger partial charge in [-0.3, -0.25) is 4.79 Å². The van der Waals surface area contributed by atoms with E-state index in [9.17, 15) is 4.79 Å². The van der Waals surface area contributed by atoms with Gasteiger partial charge in [0.15, 0.2) is 0 Å². The number of amides is 1. The van der Waals surface area contributed by atoms with Gasteiger partial charge in [0.25, 0.3) is 0 Å². The fourth-order valence-corrected chi connectivity index (χ4v) is 3.24. The van der Waals surface area contributed by atoms with Gasteiger partial charge in [0.1, 0.15) is 0 Å². The topological polar surface area (TPSA) is 38.8 Å². The minimum absolute atomic E-state index is 0.00771. The fourth-order valence-electron chi connectivity index (χ4n) is 0.443. The standard InChI is InChI=1S/C6H14NO3PS2/c1-7(2)6(8)5-13-11(12,9-3)10-4/h5H2,1-4H3. The van der Waals surface area contributed by atoms with Crippen LogP contribution in [0.5, 0.6) is 0 Å². The summed E-state index contributed by atoms with van der Waals surface area (Å²) in [5.74, 6) is 0.305. The minimum atomic E-state index is -2.27. The van der Waals surface area contributed by atoms with Crippen LogP contribution in [0.1, 0.15) is 0 Å². The van der Waals surface area contributed by atoms with Crippen LogP contribution in [-0.4, -0.2) is 44.9 Å². The van der Waals surface area contributed by atoms with Gasteiger partial charge in [-0.2, -0.15) is 0 Å². The van der Waals surface area contributed by atoms with Gasteiger partial charge in [-0.1, -0.05) is 11.4 Å². The molecule has 0 fully saturated rings. The van der Waals surface area contributed by atoms with Gasteiger partial charge in [-0.05, 0) is 11.8 Å². The lowest BCUT2D eigenvalue weighted by Crippen LogP contribution is -2.23. The molecular weight excluding hydrogens is 229 g/mol. The van der Waals surface area contributed by atoms with Crippen LogP contribution in [0.2, 0.25) is 0 Å². The molecule has 0 saturated heterocycles. The van der Waals surface area contributed by atoms with Crippen LogP contribution in [0.3, 0.4) is 0 Å². The highest BCUT2D eigenvalue weighted by Gasteiger charge is 2.18. The monoisotopic (exact) mass is 243 g/mol. The second kappa shape index (κ2) is 5.98. The largest absolute Gasteiger partial charge is 0.348 e. The molecule has 0 unspecified atom stereocenters. The Labute approximate surface area is 87.9 Å². The molecule has 0 aromatic carbocycles. The zero-order chi connectivity index (χ0) is 10.5. The van der Waals surface area contributed by atoms with Crippen molar-refractivity contribution in [2.75, 3.05) is 34.1 Å². The van der Waals surface area contributed by atoms with Crippen molar-refractivity contribution >= 4 is 34.8 Å². The summed E-state index contributed by atoms with van der Waals surface area (Å²) in [6, 6.07) is 0. The SMILES string of the molecule is COP(=S)(OC)SCC(=O)N(C)C. The van der Waals surface area contributed by atoms with Crippen LogP contribution in [0.15, 0.2) is 0 Å². The van der Waals surface area contributed by atoms with Crippen molar-refractivity contribution in [3.63, 3.8) is 0 Å². The maximum Gasteiger partial charge on any atom is 0.247 e. The Morgan fingerprint density at radius 3 is 2.23 bits per heavy atom. The first-order chi connectivity index (χ1) is 5.95. The quantitative estimate of drug-likeness (QED) is 0.681. The van der Waals surface area contributed by atoms with Gasteiger partial charge in [-0.25, -0.2) is 0 Å². The predicted octanol–water partition coefficient (Wildman–Crippen LogP) is 1.33.